The van der Waals surface area contributed by atoms with Crippen molar-refractivity contribution in [1.29, 1.82) is 0 Å². The molecule has 0 spiro atoms. The Bertz CT molecular complexity index is 3560. The highest BCUT2D eigenvalue weighted by Gasteiger charge is 2.55. The van der Waals surface area contributed by atoms with Crippen molar-refractivity contribution in [2.75, 3.05) is 49.4 Å². The van der Waals surface area contributed by atoms with Crippen molar-refractivity contribution >= 4 is 69.1 Å². The van der Waals surface area contributed by atoms with E-state index in [1.807, 2.05) is 0 Å². The minimum absolute atomic E-state index is 0.00704. The van der Waals surface area contributed by atoms with Crippen LogP contribution in [0.2, 0.25) is 0 Å². The molecule has 0 amide bonds. The monoisotopic (exact) mass is 1210 g/mol. The SMILES string of the molecule is Nc1ccn([C@@H]2O[C@H](COP(=O)(O)O[C@H]3[C@@H](O)[C@H](n4cnc5c(N)ncnc54)O[C@@H]3COP(=O)(O)O[C@H]3[C@@H](O)[C@H](n4ccc(N)nc4=O)O[C@@H]3COP(=O)(O)O[C@H]3[C@@H](O)[C@H](n4cnc5c(N)ncnc54)O[C@@H]3CO)[C@@H](O)[C@H]2O)c(=O)n1. The van der Waals surface area contributed by atoms with Gasteiger partial charge >= 0.3 is 34.8 Å². The number of rotatable bonds is 20. The summed E-state index contributed by atoms with van der Waals surface area (Å²) in [6, 6.07) is 2.31. The molecule has 4 aliphatic heterocycles. The van der Waals surface area contributed by atoms with Crippen LogP contribution in [0.1, 0.15) is 24.9 Å². The quantitative estimate of drug-likeness (QED) is 0.0317. The Labute approximate surface area is 449 Å². The largest absolute Gasteiger partial charge is 0.472 e. The van der Waals surface area contributed by atoms with E-state index in [1.54, 1.807) is 0 Å². The number of nitrogens with two attached hydrogens (primary N) is 4. The first-order valence-electron chi connectivity index (χ1n) is 23.5. The maximum absolute atomic E-state index is 14.0. The van der Waals surface area contributed by atoms with E-state index in [4.69, 9.17) is 69.0 Å². The van der Waals surface area contributed by atoms with E-state index in [2.05, 4.69) is 39.9 Å². The third-order valence-electron chi connectivity index (χ3n) is 13.0. The van der Waals surface area contributed by atoms with Gasteiger partial charge in [-0.3, -0.25) is 45.4 Å². The first kappa shape index (κ1) is 58.2. The Morgan fingerprint density at radius 1 is 0.494 bits per heavy atom. The van der Waals surface area contributed by atoms with Gasteiger partial charge in [-0.1, -0.05) is 0 Å². The summed E-state index contributed by atoms with van der Waals surface area (Å²) in [4.78, 5) is 89.8. The number of hydrogen-bond acceptors (Lipinski definition) is 33. The molecule has 19 atom stereocenters. The Hall–Kier alpha value is -6.01. The number of ether oxygens (including phenoxy) is 4. The zero-order valence-electron chi connectivity index (χ0n) is 40.9. The third-order valence-corrected chi connectivity index (χ3v) is 15.9. The fourth-order valence-corrected chi connectivity index (χ4v) is 12.1. The molecule has 40 nitrogen and oxygen atoms in total. The summed E-state index contributed by atoms with van der Waals surface area (Å²) in [6.45, 7) is -4.29. The molecule has 3 unspecified atom stereocenters. The van der Waals surface area contributed by atoms with Crippen LogP contribution >= 0.6 is 23.5 Å². The number of nitrogens with zero attached hydrogens (tertiary/aromatic N) is 12. The number of aliphatic hydroxyl groups is 6. The van der Waals surface area contributed by atoms with Crippen LogP contribution in [0.4, 0.5) is 23.3 Å². The highest BCUT2D eigenvalue weighted by molar-refractivity contribution is 7.48. The van der Waals surface area contributed by atoms with Gasteiger partial charge in [0.2, 0.25) is 0 Å². The maximum Gasteiger partial charge on any atom is 0.472 e. The lowest BCUT2D eigenvalue weighted by Gasteiger charge is -2.26. The van der Waals surface area contributed by atoms with Crippen LogP contribution in [0.3, 0.4) is 0 Å². The normalized spacial score (nSPS) is 32.8. The summed E-state index contributed by atoms with van der Waals surface area (Å²) < 4.78 is 99.5. The van der Waals surface area contributed by atoms with Gasteiger partial charge in [0.1, 0.15) is 109 Å². The molecule has 10 heterocycles. The van der Waals surface area contributed by atoms with Gasteiger partial charge < -0.3 is 87.2 Å². The van der Waals surface area contributed by atoms with Crippen LogP contribution in [0, 0.1) is 0 Å². The molecule has 4 saturated heterocycles. The fraction of sp³-hybridized carbons (Fsp3) is 0.526. The summed E-state index contributed by atoms with van der Waals surface area (Å²) >= 11 is 0. The highest BCUT2D eigenvalue weighted by atomic mass is 31.2. The topological polar surface area (TPSA) is 587 Å². The van der Waals surface area contributed by atoms with Crippen molar-refractivity contribution in [3.8, 4) is 0 Å². The van der Waals surface area contributed by atoms with Gasteiger partial charge in [-0.05, 0) is 12.1 Å². The molecule has 440 valence electrons. The molecule has 43 heteroatoms. The van der Waals surface area contributed by atoms with Gasteiger partial charge in [-0.25, -0.2) is 53.2 Å². The predicted molar refractivity (Wildman–Crippen MR) is 260 cm³/mol. The van der Waals surface area contributed by atoms with E-state index in [0.717, 1.165) is 46.6 Å². The number of phosphoric acid groups is 3. The van der Waals surface area contributed by atoms with Gasteiger partial charge in [0.15, 0.2) is 47.8 Å². The number of imidazole rings is 2. The van der Waals surface area contributed by atoms with E-state index in [9.17, 15) is 68.6 Å². The van der Waals surface area contributed by atoms with Crippen LogP contribution in [0.25, 0.3) is 22.3 Å². The zero-order valence-corrected chi connectivity index (χ0v) is 43.5. The van der Waals surface area contributed by atoms with Gasteiger partial charge in [0.05, 0.1) is 39.1 Å². The summed E-state index contributed by atoms with van der Waals surface area (Å²) in [7, 11) is -16.7. The zero-order chi connectivity index (χ0) is 58.0. The van der Waals surface area contributed by atoms with Crippen molar-refractivity contribution in [2.24, 2.45) is 0 Å². The van der Waals surface area contributed by atoms with Gasteiger partial charge in [0.25, 0.3) is 0 Å². The van der Waals surface area contributed by atoms with Gasteiger partial charge in [0, 0.05) is 12.4 Å². The van der Waals surface area contributed by atoms with E-state index < -0.39 is 159 Å². The molecule has 6 aromatic rings. The van der Waals surface area contributed by atoms with Crippen LogP contribution in [0.15, 0.2) is 59.4 Å². The number of nitrogen functional groups attached to an aromatic ring is 4. The number of aromatic nitrogens is 12. The molecule has 0 aliphatic carbocycles. The van der Waals surface area contributed by atoms with Crippen molar-refractivity contribution in [3.05, 3.63) is 70.8 Å². The molecule has 0 radical (unpaired) electrons. The smallest absolute Gasteiger partial charge is 0.394 e. The van der Waals surface area contributed by atoms with E-state index in [1.165, 1.54) is 17.0 Å². The molecule has 4 fully saturated rings. The third kappa shape index (κ3) is 11.7. The Morgan fingerprint density at radius 2 is 0.852 bits per heavy atom. The van der Waals surface area contributed by atoms with Crippen molar-refractivity contribution < 1.29 is 105 Å². The van der Waals surface area contributed by atoms with Crippen molar-refractivity contribution in [3.63, 3.8) is 0 Å². The summed E-state index contributed by atoms with van der Waals surface area (Å²) in [5.41, 5.74) is 21.0. The molecular formula is C38H49N16O24P3. The lowest BCUT2D eigenvalue weighted by molar-refractivity contribution is -0.0648. The second-order valence-corrected chi connectivity index (χ2v) is 22.4. The second-order valence-electron chi connectivity index (χ2n) is 18.1. The van der Waals surface area contributed by atoms with E-state index >= 15 is 0 Å². The van der Waals surface area contributed by atoms with Gasteiger partial charge in [-0.2, -0.15) is 9.97 Å². The predicted octanol–water partition coefficient (Wildman–Crippen LogP) is -5.60. The van der Waals surface area contributed by atoms with Crippen LogP contribution in [-0.2, 0) is 59.8 Å². The lowest BCUT2D eigenvalue weighted by Crippen LogP contribution is -2.39. The average Bonchev–Trinajstić information content (AvgIpc) is 4.31. The number of anilines is 4. The standard InChI is InChI=1S/C38H49N16O24P3/c39-17-1-3-51(37(61)49-17)33-22(57)21(56)14(73-33)6-69-79(63,64)78-28-16(75-36(25(28)60)54-12-48-20-30(42)44-10-46-32(20)54)8-71-81(67,68)77-27-15(74-34(24(27)59)52-4-2-18(40)50-38(52)62)7-70-80(65,66)76-26-13(5-55)72-35(23(26)58)53-11-47-19-29(41)43-9-45-31(19)53/h1-4,9-16,21-28,33-36,55-60H,5-8H2,(H,63,64)(H,65,66)(H,67,68)(H2,39,49,61)(H2,40,50,62)(H2,41,43,45)(H2,42,44,46)/t13-,14-,15-,16-,21-,22-,23-,24-,25-,26-,27-,28-,33-,34-,35-,36-/m1/s1. The summed E-state index contributed by atoms with van der Waals surface area (Å²) in [5, 5.41) is 66.1. The minimum atomic E-state index is -5.69. The van der Waals surface area contributed by atoms with Crippen molar-refractivity contribution in [1.82, 2.24) is 58.1 Å². The first-order valence-corrected chi connectivity index (χ1v) is 28.0. The Morgan fingerprint density at radius 3 is 1.26 bits per heavy atom. The molecule has 0 saturated carbocycles. The lowest BCUT2D eigenvalue weighted by atomic mass is 10.1. The molecule has 6 aromatic heterocycles. The number of aliphatic hydroxyl groups excluding tert-OH is 6. The second kappa shape index (κ2) is 22.6. The number of hydrogen-bond donors (Lipinski definition) is 13. The first-order chi connectivity index (χ1) is 38.3. The summed E-state index contributed by atoms with van der Waals surface area (Å²) in [5.74, 6) is -0.575. The van der Waals surface area contributed by atoms with Gasteiger partial charge in [-0.15, -0.1) is 0 Å². The minimum Gasteiger partial charge on any atom is -0.394 e. The molecule has 0 aromatic carbocycles. The average molecular weight is 1210 g/mol. The number of phosphoric ester groups is 3. The fourth-order valence-electron chi connectivity index (χ4n) is 9.16. The maximum atomic E-state index is 14.0. The number of fused-ring (bicyclic) bond motifs is 2. The molecule has 17 N–H and O–H groups in total. The summed E-state index contributed by atoms with van der Waals surface area (Å²) in [6.07, 6.45) is -22.8. The Balaban J connectivity index is 0.853. The van der Waals surface area contributed by atoms with Crippen LogP contribution in [-0.4, -0.2) is 203 Å². The van der Waals surface area contributed by atoms with Crippen molar-refractivity contribution in [2.45, 2.75) is 98.2 Å². The molecule has 10 rings (SSSR count). The highest BCUT2D eigenvalue weighted by Crippen LogP contribution is 2.54. The van der Waals surface area contributed by atoms with Crippen LogP contribution < -0.4 is 34.3 Å². The van der Waals surface area contributed by atoms with Crippen LogP contribution in [0.5, 0.6) is 0 Å². The molecule has 0 bridgehead atoms. The van der Waals surface area contributed by atoms with E-state index in [0.29, 0.717) is 4.57 Å². The Kier molecular flexibility index (Phi) is 16.3. The molecular weight excluding hydrogens is 1160 g/mol. The molecule has 81 heavy (non-hydrogen) atoms. The van der Waals surface area contributed by atoms with E-state index in [-0.39, 0.29) is 45.6 Å². The molecule has 4 aliphatic rings.